The van der Waals surface area contributed by atoms with Crippen LogP contribution in [0.15, 0.2) is 42.7 Å². The minimum absolute atomic E-state index is 0. The summed E-state index contributed by atoms with van der Waals surface area (Å²) >= 11 is 0. The molecule has 14 heavy (non-hydrogen) atoms. The predicted molar refractivity (Wildman–Crippen MR) is 58.7 cm³/mol. The number of rotatable bonds is 2. The van der Waals surface area contributed by atoms with Gasteiger partial charge >= 0.3 is 0 Å². The Balaban J connectivity index is 0.000000980. The number of hydrogen-bond donors (Lipinski definition) is 1. The zero-order valence-corrected chi connectivity index (χ0v) is 8.45. The van der Waals surface area contributed by atoms with Crippen molar-refractivity contribution in [1.29, 1.82) is 0 Å². The van der Waals surface area contributed by atoms with Crippen LogP contribution in [0.2, 0.25) is 0 Å². The molecule has 2 N–H and O–H groups in total. The molecule has 0 radical (unpaired) electrons. The summed E-state index contributed by atoms with van der Waals surface area (Å²) in [6.07, 6.45) is 3.72. The Kier molecular flexibility index (Phi) is 3.68. The Morgan fingerprint density at radius 2 is 1.93 bits per heavy atom. The van der Waals surface area contributed by atoms with Gasteiger partial charge < -0.3 is 5.73 Å². The molecule has 4 heteroatoms. The molecule has 1 heterocycles. The van der Waals surface area contributed by atoms with Crippen molar-refractivity contribution in [3.05, 3.63) is 48.3 Å². The summed E-state index contributed by atoms with van der Waals surface area (Å²) in [7, 11) is 0. The second-order valence-corrected chi connectivity index (χ2v) is 2.83. The van der Waals surface area contributed by atoms with Crippen LogP contribution in [0.3, 0.4) is 0 Å². The van der Waals surface area contributed by atoms with Crippen LogP contribution in [0.1, 0.15) is 5.56 Å². The van der Waals surface area contributed by atoms with E-state index < -0.39 is 0 Å². The van der Waals surface area contributed by atoms with Crippen molar-refractivity contribution < 1.29 is 0 Å². The average Bonchev–Trinajstić information content (AvgIpc) is 2.67. The molecule has 2 rings (SSSR count). The molecule has 0 saturated carbocycles. The Bertz CT molecular complexity index is 383. The standard InChI is InChI=1S/C10H11N3.ClH/c11-6-9-7-12-13(8-9)10-4-2-1-3-5-10;/h1-5,7-8H,6,11H2;1H. The van der Waals surface area contributed by atoms with Gasteiger partial charge in [-0.3, -0.25) is 0 Å². The van der Waals surface area contributed by atoms with Crippen LogP contribution in [0.4, 0.5) is 0 Å². The molecule has 3 nitrogen and oxygen atoms in total. The number of hydrogen-bond acceptors (Lipinski definition) is 2. The third-order valence-corrected chi connectivity index (χ3v) is 1.89. The Labute approximate surface area is 89.0 Å². The van der Waals surface area contributed by atoms with E-state index in [1.54, 1.807) is 6.20 Å². The van der Waals surface area contributed by atoms with Crippen LogP contribution in [0.5, 0.6) is 0 Å². The van der Waals surface area contributed by atoms with Crippen molar-refractivity contribution in [3.63, 3.8) is 0 Å². The van der Waals surface area contributed by atoms with Crippen LogP contribution >= 0.6 is 12.4 Å². The lowest BCUT2D eigenvalue weighted by atomic mass is 10.3. The van der Waals surface area contributed by atoms with Gasteiger partial charge in [-0.25, -0.2) is 4.68 Å². The quantitative estimate of drug-likeness (QED) is 0.819. The van der Waals surface area contributed by atoms with Crippen LogP contribution in [-0.4, -0.2) is 9.78 Å². The molecule has 1 aromatic heterocycles. The summed E-state index contributed by atoms with van der Waals surface area (Å²) in [6.45, 7) is 0.535. The second kappa shape index (κ2) is 4.79. The van der Waals surface area contributed by atoms with E-state index in [9.17, 15) is 0 Å². The van der Waals surface area contributed by atoms with E-state index in [4.69, 9.17) is 5.73 Å². The number of para-hydroxylation sites is 1. The second-order valence-electron chi connectivity index (χ2n) is 2.83. The smallest absolute Gasteiger partial charge is 0.0645 e. The summed E-state index contributed by atoms with van der Waals surface area (Å²) in [4.78, 5) is 0. The fourth-order valence-corrected chi connectivity index (χ4v) is 1.19. The van der Waals surface area contributed by atoms with Gasteiger partial charge in [0.25, 0.3) is 0 Å². The Hall–Kier alpha value is -1.32. The van der Waals surface area contributed by atoms with Gasteiger partial charge in [-0.05, 0) is 12.1 Å². The number of aromatic nitrogens is 2. The molecule has 0 saturated heterocycles. The minimum Gasteiger partial charge on any atom is -0.326 e. The van der Waals surface area contributed by atoms with Gasteiger partial charge in [-0.15, -0.1) is 12.4 Å². The van der Waals surface area contributed by atoms with Gasteiger partial charge in [0.15, 0.2) is 0 Å². The maximum absolute atomic E-state index is 5.49. The zero-order valence-electron chi connectivity index (χ0n) is 7.63. The topological polar surface area (TPSA) is 43.8 Å². The SMILES string of the molecule is Cl.NCc1cnn(-c2ccccc2)c1. The molecule has 0 spiro atoms. The Morgan fingerprint density at radius 3 is 2.50 bits per heavy atom. The lowest BCUT2D eigenvalue weighted by Crippen LogP contribution is -1.95. The summed E-state index contributed by atoms with van der Waals surface area (Å²) in [5, 5.41) is 4.19. The third kappa shape index (κ3) is 2.13. The first-order valence-electron chi connectivity index (χ1n) is 4.19. The van der Waals surface area contributed by atoms with E-state index in [1.807, 2.05) is 41.2 Å². The van der Waals surface area contributed by atoms with E-state index in [0.29, 0.717) is 6.54 Å². The molecule has 0 fully saturated rings. The molecule has 0 atom stereocenters. The first kappa shape index (κ1) is 10.8. The number of nitrogens with two attached hydrogens (primary N) is 1. The van der Waals surface area contributed by atoms with E-state index in [-0.39, 0.29) is 12.4 Å². The van der Waals surface area contributed by atoms with Crippen LogP contribution in [0.25, 0.3) is 5.69 Å². The fraction of sp³-hybridized carbons (Fsp3) is 0.100. The van der Waals surface area contributed by atoms with Crippen LogP contribution in [-0.2, 0) is 6.54 Å². The number of benzene rings is 1. The van der Waals surface area contributed by atoms with Gasteiger partial charge in [0, 0.05) is 18.3 Å². The van der Waals surface area contributed by atoms with Gasteiger partial charge in [0.05, 0.1) is 11.9 Å². The molecule has 0 bridgehead atoms. The van der Waals surface area contributed by atoms with Gasteiger partial charge in [-0.2, -0.15) is 5.10 Å². The molecule has 0 aliphatic heterocycles. The molecule has 1 aromatic carbocycles. The van der Waals surface area contributed by atoms with E-state index >= 15 is 0 Å². The Morgan fingerprint density at radius 1 is 1.21 bits per heavy atom. The largest absolute Gasteiger partial charge is 0.326 e. The zero-order chi connectivity index (χ0) is 9.10. The first-order valence-corrected chi connectivity index (χ1v) is 4.19. The predicted octanol–water partition coefficient (Wildman–Crippen LogP) is 1.75. The summed E-state index contributed by atoms with van der Waals surface area (Å²) in [6, 6.07) is 9.97. The van der Waals surface area contributed by atoms with Crippen molar-refractivity contribution in [1.82, 2.24) is 9.78 Å². The van der Waals surface area contributed by atoms with Gasteiger partial charge in [0.1, 0.15) is 0 Å². The molecular weight excluding hydrogens is 198 g/mol. The summed E-state index contributed by atoms with van der Waals surface area (Å²) in [5.74, 6) is 0. The van der Waals surface area contributed by atoms with Gasteiger partial charge in [-0.1, -0.05) is 18.2 Å². The maximum Gasteiger partial charge on any atom is 0.0645 e. The van der Waals surface area contributed by atoms with Crippen LogP contribution < -0.4 is 5.73 Å². The molecule has 0 aliphatic carbocycles. The molecule has 0 amide bonds. The van der Waals surface area contributed by atoms with Gasteiger partial charge in [0.2, 0.25) is 0 Å². The highest BCUT2D eigenvalue weighted by Crippen LogP contribution is 2.06. The molecule has 2 aromatic rings. The van der Waals surface area contributed by atoms with Crippen molar-refractivity contribution in [2.24, 2.45) is 5.73 Å². The lowest BCUT2D eigenvalue weighted by molar-refractivity contribution is 0.879. The molecule has 0 aliphatic rings. The lowest BCUT2D eigenvalue weighted by Gasteiger charge is -1.98. The van der Waals surface area contributed by atoms with Crippen LogP contribution in [0, 0.1) is 0 Å². The summed E-state index contributed by atoms with van der Waals surface area (Å²) < 4.78 is 1.82. The molecular formula is C10H12ClN3. The average molecular weight is 210 g/mol. The third-order valence-electron chi connectivity index (χ3n) is 1.89. The highest BCUT2D eigenvalue weighted by Gasteiger charge is 1.97. The summed E-state index contributed by atoms with van der Waals surface area (Å²) in [5.41, 5.74) is 7.59. The highest BCUT2D eigenvalue weighted by molar-refractivity contribution is 5.85. The minimum atomic E-state index is 0. The number of halogens is 1. The van der Waals surface area contributed by atoms with Crippen molar-refractivity contribution in [2.45, 2.75) is 6.54 Å². The van der Waals surface area contributed by atoms with E-state index in [1.165, 1.54) is 0 Å². The van der Waals surface area contributed by atoms with Crippen molar-refractivity contribution in [3.8, 4) is 5.69 Å². The van der Waals surface area contributed by atoms with Crippen molar-refractivity contribution >= 4 is 12.4 Å². The number of nitrogens with zero attached hydrogens (tertiary/aromatic N) is 2. The highest BCUT2D eigenvalue weighted by atomic mass is 35.5. The maximum atomic E-state index is 5.49. The van der Waals surface area contributed by atoms with Crippen molar-refractivity contribution in [2.75, 3.05) is 0 Å². The fourth-order valence-electron chi connectivity index (χ4n) is 1.19. The molecule has 74 valence electrons. The molecule has 0 unspecified atom stereocenters. The van der Waals surface area contributed by atoms with E-state index in [0.717, 1.165) is 11.3 Å². The normalized spacial score (nSPS) is 9.50. The monoisotopic (exact) mass is 209 g/mol. The van der Waals surface area contributed by atoms with E-state index in [2.05, 4.69) is 5.10 Å². The first-order chi connectivity index (χ1) is 6.40.